The Hall–Kier alpha value is -1.56. The predicted octanol–water partition coefficient (Wildman–Crippen LogP) is 3.26. The molecule has 0 aromatic carbocycles. The minimum Gasteiger partial charge on any atom is -0.463 e. The van der Waals surface area contributed by atoms with Gasteiger partial charge < -0.3 is 14.2 Å². The molecule has 0 aromatic heterocycles. The van der Waals surface area contributed by atoms with Gasteiger partial charge >= 0.3 is 12.1 Å². The SMILES string of the molecule is CCOC(=O)C(C)=C[C@@H]1[C@@H](C)OC(C)(C)N1C(=O)OC(C)(C)C. The number of esters is 1. The first-order chi connectivity index (χ1) is 10.4. The van der Waals surface area contributed by atoms with Crippen LogP contribution in [0.2, 0.25) is 0 Å². The van der Waals surface area contributed by atoms with Crippen molar-refractivity contribution in [2.75, 3.05) is 6.61 Å². The summed E-state index contributed by atoms with van der Waals surface area (Å²) < 4.78 is 16.4. The first-order valence-electron chi connectivity index (χ1n) is 7.94. The number of hydrogen-bond donors (Lipinski definition) is 0. The van der Waals surface area contributed by atoms with Crippen LogP contribution in [-0.2, 0) is 19.0 Å². The molecule has 0 radical (unpaired) electrons. The normalized spacial score (nSPS) is 24.5. The van der Waals surface area contributed by atoms with Gasteiger partial charge in [-0.15, -0.1) is 0 Å². The Morgan fingerprint density at radius 2 is 1.87 bits per heavy atom. The standard InChI is InChI=1S/C17H29NO5/c1-9-21-14(19)11(2)10-13-12(3)22-17(7,8)18(13)15(20)23-16(4,5)6/h10,12-13H,9H2,1-8H3/t12-,13-/m1/s1. The van der Waals surface area contributed by atoms with Crippen molar-refractivity contribution in [3.8, 4) is 0 Å². The fourth-order valence-corrected chi connectivity index (χ4v) is 2.58. The molecule has 1 amide bonds. The van der Waals surface area contributed by atoms with Gasteiger partial charge in [0, 0.05) is 5.57 Å². The summed E-state index contributed by atoms with van der Waals surface area (Å²) in [5.41, 5.74) is -0.986. The van der Waals surface area contributed by atoms with E-state index < -0.39 is 29.4 Å². The second kappa shape index (κ2) is 6.91. The van der Waals surface area contributed by atoms with Crippen LogP contribution in [0.3, 0.4) is 0 Å². The highest BCUT2D eigenvalue weighted by molar-refractivity contribution is 5.88. The van der Waals surface area contributed by atoms with E-state index in [9.17, 15) is 9.59 Å². The van der Waals surface area contributed by atoms with Crippen LogP contribution in [0.1, 0.15) is 55.4 Å². The average Bonchev–Trinajstić information content (AvgIpc) is 2.56. The van der Waals surface area contributed by atoms with Gasteiger partial charge in [0.15, 0.2) is 0 Å². The van der Waals surface area contributed by atoms with Crippen molar-refractivity contribution in [1.82, 2.24) is 4.90 Å². The van der Waals surface area contributed by atoms with Crippen LogP contribution < -0.4 is 0 Å². The summed E-state index contributed by atoms with van der Waals surface area (Å²) >= 11 is 0. The summed E-state index contributed by atoms with van der Waals surface area (Å²) in [6.07, 6.45) is 0.980. The van der Waals surface area contributed by atoms with E-state index in [0.29, 0.717) is 12.2 Å². The molecule has 0 spiro atoms. The molecule has 1 heterocycles. The molecule has 0 aliphatic carbocycles. The van der Waals surface area contributed by atoms with Gasteiger partial charge in [-0.1, -0.05) is 0 Å². The third kappa shape index (κ3) is 4.96. The molecule has 1 rings (SSSR count). The van der Waals surface area contributed by atoms with Gasteiger partial charge in [0.25, 0.3) is 0 Å². The van der Waals surface area contributed by atoms with Crippen molar-refractivity contribution in [2.24, 2.45) is 0 Å². The maximum absolute atomic E-state index is 12.6. The summed E-state index contributed by atoms with van der Waals surface area (Å²) in [5, 5.41) is 0. The second-order valence-electron chi connectivity index (χ2n) is 7.18. The number of rotatable bonds is 3. The van der Waals surface area contributed by atoms with Crippen LogP contribution in [0.5, 0.6) is 0 Å². The fourth-order valence-electron chi connectivity index (χ4n) is 2.58. The third-order valence-electron chi connectivity index (χ3n) is 3.44. The summed E-state index contributed by atoms with van der Waals surface area (Å²) in [4.78, 5) is 26.0. The smallest absolute Gasteiger partial charge is 0.413 e. The van der Waals surface area contributed by atoms with Gasteiger partial charge in [-0.2, -0.15) is 0 Å². The lowest BCUT2D eigenvalue weighted by Crippen LogP contribution is -2.49. The largest absolute Gasteiger partial charge is 0.463 e. The van der Waals surface area contributed by atoms with Crippen molar-refractivity contribution in [3.05, 3.63) is 11.6 Å². The van der Waals surface area contributed by atoms with Crippen molar-refractivity contribution in [3.63, 3.8) is 0 Å². The molecule has 0 bridgehead atoms. The number of carbonyl (C=O) groups excluding carboxylic acids is 2. The zero-order chi connectivity index (χ0) is 18.0. The van der Waals surface area contributed by atoms with Crippen molar-refractivity contribution >= 4 is 12.1 Å². The molecular weight excluding hydrogens is 298 g/mol. The molecule has 1 fully saturated rings. The number of hydrogen-bond acceptors (Lipinski definition) is 5. The van der Waals surface area contributed by atoms with E-state index in [1.807, 2.05) is 27.7 Å². The maximum atomic E-state index is 12.6. The van der Waals surface area contributed by atoms with Gasteiger partial charge in [-0.25, -0.2) is 9.59 Å². The Labute approximate surface area is 138 Å². The molecule has 132 valence electrons. The van der Waals surface area contributed by atoms with Crippen LogP contribution >= 0.6 is 0 Å². The van der Waals surface area contributed by atoms with Gasteiger partial charge in [-0.05, 0) is 61.5 Å². The van der Waals surface area contributed by atoms with Crippen LogP contribution in [0.25, 0.3) is 0 Å². The molecule has 23 heavy (non-hydrogen) atoms. The zero-order valence-electron chi connectivity index (χ0n) is 15.4. The predicted molar refractivity (Wildman–Crippen MR) is 86.9 cm³/mol. The van der Waals surface area contributed by atoms with Gasteiger partial charge in [0.05, 0.1) is 18.8 Å². The zero-order valence-corrected chi connectivity index (χ0v) is 15.4. The monoisotopic (exact) mass is 327 g/mol. The highest BCUT2D eigenvalue weighted by Crippen LogP contribution is 2.34. The lowest BCUT2D eigenvalue weighted by atomic mass is 10.1. The lowest BCUT2D eigenvalue weighted by Gasteiger charge is -2.34. The third-order valence-corrected chi connectivity index (χ3v) is 3.44. The van der Waals surface area contributed by atoms with Gasteiger partial charge in [-0.3, -0.25) is 4.90 Å². The van der Waals surface area contributed by atoms with Crippen LogP contribution in [0.4, 0.5) is 4.79 Å². The van der Waals surface area contributed by atoms with Crippen molar-refractivity contribution in [1.29, 1.82) is 0 Å². The molecule has 6 heteroatoms. The summed E-state index contributed by atoms with van der Waals surface area (Å²) in [6.45, 7) is 14.6. The first kappa shape index (κ1) is 19.5. The van der Waals surface area contributed by atoms with Gasteiger partial charge in [0.2, 0.25) is 0 Å². The molecule has 0 N–H and O–H groups in total. The van der Waals surface area contributed by atoms with Crippen molar-refractivity contribution < 1.29 is 23.8 Å². The second-order valence-corrected chi connectivity index (χ2v) is 7.18. The van der Waals surface area contributed by atoms with E-state index in [-0.39, 0.29) is 6.10 Å². The van der Waals surface area contributed by atoms with E-state index in [1.165, 1.54) is 4.90 Å². The van der Waals surface area contributed by atoms with E-state index in [4.69, 9.17) is 14.2 Å². The van der Waals surface area contributed by atoms with E-state index in [1.54, 1.807) is 33.8 Å². The summed E-state index contributed by atoms with van der Waals surface area (Å²) in [7, 11) is 0. The topological polar surface area (TPSA) is 65.1 Å². The Kier molecular flexibility index (Phi) is 5.85. The minimum absolute atomic E-state index is 0.262. The Balaban J connectivity index is 3.09. The lowest BCUT2D eigenvalue weighted by molar-refractivity contribution is -0.138. The van der Waals surface area contributed by atoms with Crippen LogP contribution in [-0.4, -0.2) is 47.0 Å². The van der Waals surface area contributed by atoms with Gasteiger partial charge in [0.1, 0.15) is 11.3 Å². The number of nitrogens with zero attached hydrogens (tertiary/aromatic N) is 1. The maximum Gasteiger partial charge on any atom is 0.413 e. The Morgan fingerprint density at radius 3 is 2.35 bits per heavy atom. The molecule has 1 saturated heterocycles. The van der Waals surface area contributed by atoms with Crippen LogP contribution in [0.15, 0.2) is 11.6 Å². The average molecular weight is 327 g/mol. The minimum atomic E-state index is -0.822. The quantitative estimate of drug-likeness (QED) is 0.588. The Morgan fingerprint density at radius 1 is 1.30 bits per heavy atom. The highest BCUT2D eigenvalue weighted by Gasteiger charge is 2.48. The molecule has 1 aliphatic heterocycles. The number of ether oxygens (including phenoxy) is 3. The van der Waals surface area contributed by atoms with E-state index >= 15 is 0 Å². The molecule has 2 atom stereocenters. The molecule has 1 aliphatic rings. The van der Waals surface area contributed by atoms with E-state index in [2.05, 4.69) is 0 Å². The Bertz CT molecular complexity index is 490. The van der Waals surface area contributed by atoms with Crippen molar-refractivity contribution in [2.45, 2.75) is 78.9 Å². The van der Waals surface area contributed by atoms with E-state index in [0.717, 1.165) is 0 Å². The summed E-state index contributed by atoms with van der Waals surface area (Å²) in [6, 6.07) is -0.399. The molecule has 0 saturated carbocycles. The fraction of sp³-hybridized carbons (Fsp3) is 0.765. The molecular formula is C17H29NO5. The first-order valence-corrected chi connectivity index (χ1v) is 7.94. The molecule has 6 nitrogen and oxygen atoms in total. The number of carbonyl (C=O) groups is 2. The molecule has 0 aromatic rings. The highest BCUT2D eigenvalue weighted by atomic mass is 16.6. The summed E-state index contributed by atoms with van der Waals surface area (Å²) in [5.74, 6) is -0.395. The van der Waals surface area contributed by atoms with Crippen LogP contribution in [0, 0.1) is 0 Å². The number of amides is 1. The molecule has 0 unspecified atom stereocenters.